The van der Waals surface area contributed by atoms with Crippen LogP contribution >= 0.6 is 0 Å². The fourth-order valence-corrected chi connectivity index (χ4v) is 5.66. The summed E-state index contributed by atoms with van der Waals surface area (Å²) >= 11 is 0. The third-order valence-corrected chi connectivity index (χ3v) is 6.45. The standard InChI is InChI=1S/C16H21Si/c1-16(2,3)17(14-10-6-4-7-11-14)15-12-8-5-9-13-15/h4,6-8,10-13H,5,9H2,1-3H3/q+1. The zero-order valence-corrected chi connectivity index (χ0v) is 12.0. The minimum atomic E-state index is -0.664. The van der Waals surface area contributed by atoms with Crippen molar-refractivity contribution in [2.45, 2.75) is 38.7 Å². The quantitative estimate of drug-likeness (QED) is 0.686. The molecule has 0 aliphatic heterocycles. The first-order chi connectivity index (χ1) is 8.09. The van der Waals surface area contributed by atoms with Gasteiger partial charge in [-0.15, -0.1) is 0 Å². The minimum Gasteiger partial charge on any atom is -0.0813 e. The summed E-state index contributed by atoms with van der Waals surface area (Å²) in [5.41, 5.74) is 0. The lowest BCUT2D eigenvalue weighted by atomic mass is 10.2. The van der Waals surface area contributed by atoms with Gasteiger partial charge in [-0.2, -0.15) is 0 Å². The number of allylic oxidation sites excluding steroid dienone is 4. The van der Waals surface area contributed by atoms with Gasteiger partial charge in [0, 0.05) is 0 Å². The van der Waals surface area contributed by atoms with E-state index in [2.05, 4.69) is 69.3 Å². The maximum absolute atomic E-state index is 2.45. The van der Waals surface area contributed by atoms with Crippen LogP contribution in [0.2, 0.25) is 5.04 Å². The molecule has 17 heavy (non-hydrogen) atoms. The molecule has 1 aliphatic rings. The topological polar surface area (TPSA) is 0 Å². The molecule has 0 bridgehead atoms. The van der Waals surface area contributed by atoms with Crippen LogP contribution in [0.15, 0.2) is 53.8 Å². The van der Waals surface area contributed by atoms with Gasteiger partial charge in [0.2, 0.25) is 0 Å². The highest BCUT2D eigenvalue weighted by molar-refractivity contribution is 6.82. The van der Waals surface area contributed by atoms with Crippen LogP contribution in [-0.4, -0.2) is 8.80 Å². The molecular formula is C16H21Si+. The number of benzene rings is 1. The van der Waals surface area contributed by atoms with Crippen LogP contribution in [0.4, 0.5) is 0 Å². The SMILES string of the molecule is CC(C)(C)[Si+](C1=CCCC=C1)c1ccccc1. The van der Waals surface area contributed by atoms with Gasteiger partial charge in [0.15, 0.2) is 0 Å². The largest absolute Gasteiger partial charge is 0.395 e. The monoisotopic (exact) mass is 241 g/mol. The summed E-state index contributed by atoms with van der Waals surface area (Å²) < 4.78 is 0. The predicted molar refractivity (Wildman–Crippen MR) is 78.0 cm³/mol. The van der Waals surface area contributed by atoms with Gasteiger partial charge in [-0.3, -0.25) is 0 Å². The van der Waals surface area contributed by atoms with Crippen LogP contribution in [0.1, 0.15) is 33.6 Å². The van der Waals surface area contributed by atoms with Gasteiger partial charge in [0.05, 0.1) is 10.2 Å². The molecule has 0 radical (unpaired) electrons. The highest BCUT2D eigenvalue weighted by Gasteiger charge is 2.46. The molecule has 1 heteroatoms. The molecule has 0 N–H and O–H groups in total. The van der Waals surface area contributed by atoms with Crippen LogP contribution in [-0.2, 0) is 0 Å². The summed E-state index contributed by atoms with van der Waals surface area (Å²) in [6, 6.07) is 11.0. The summed E-state index contributed by atoms with van der Waals surface area (Å²) in [6.45, 7) is 7.12. The second-order valence-corrected chi connectivity index (χ2v) is 9.03. The molecule has 1 aliphatic carbocycles. The first-order valence-corrected chi connectivity index (χ1v) is 7.89. The van der Waals surface area contributed by atoms with Gasteiger partial charge in [-0.05, 0) is 57.9 Å². The van der Waals surface area contributed by atoms with Crippen LogP contribution in [0, 0.1) is 0 Å². The van der Waals surface area contributed by atoms with E-state index in [0.717, 1.165) is 0 Å². The third-order valence-electron chi connectivity index (χ3n) is 3.10. The summed E-state index contributed by atoms with van der Waals surface area (Å²) in [5, 5.41) is 3.47. The normalized spacial score (nSPS) is 15.6. The van der Waals surface area contributed by atoms with E-state index in [-0.39, 0.29) is 0 Å². The molecule has 0 spiro atoms. The van der Waals surface area contributed by atoms with E-state index < -0.39 is 8.80 Å². The Morgan fingerprint density at radius 2 is 1.71 bits per heavy atom. The van der Waals surface area contributed by atoms with Crippen LogP contribution in [0.25, 0.3) is 0 Å². The Morgan fingerprint density at radius 1 is 1.00 bits per heavy atom. The summed E-state index contributed by atoms with van der Waals surface area (Å²) in [5.74, 6) is 0. The second kappa shape index (κ2) is 5.05. The van der Waals surface area contributed by atoms with Crippen molar-refractivity contribution >= 4 is 14.0 Å². The molecular weight excluding hydrogens is 220 g/mol. The van der Waals surface area contributed by atoms with Gasteiger partial charge in [-0.1, -0.05) is 24.3 Å². The lowest BCUT2D eigenvalue weighted by molar-refractivity contribution is 0.747. The Labute approximate surface area is 107 Å². The summed E-state index contributed by atoms with van der Waals surface area (Å²) in [6.07, 6.45) is 9.55. The zero-order valence-electron chi connectivity index (χ0n) is 11.0. The number of hydrogen-bond acceptors (Lipinski definition) is 0. The average Bonchev–Trinajstić information content (AvgIpc) is 2.30. The van der Waals surface area contributed by atoms with E-state index in [1.807, 2.05) is 0 Å². The van der Waals surface area contributed by atoms with Crippen molar-refractivity contribution in [2.24, 2.45) is 0 Å². The molecule has 88 valence electrons. The lowest BCUT2D eigenvalue weighted by Gasteiger charge is -2.18. The minimum absolute atomic E-state index is 0.361. The first kappa shape index (κ1) is 12.4. The average molecular weight is 241 g/mol. The fraction of sp³-hybridized carbons (Fsp3) is 0.375. The van der Waals surface area contributed by atoms with Gasteiger partial charge >= 0.3 is 8.80 Å². The lowest BCUT2D eigenvalue weighted by Crippen LogP contribution is -2.40. The molecule has 0 unspecified atom stereocenters. The van der Waals surface area contributed by atoms with E-state index in [1.54, 1.807) is 5.20 Å². The molecule has 1 aromatic carbocycles. The van der Waals surface area contributed by atoms with Crippen molar-refractivity contribution in [3.05, 3.63) is 53.8 Å². The number of hydrogen-bond donors (Lipinski definition) is 0. The molecule has 0 heterocycles. The molecule has 0 saturated heterocycles. The van der Waals surface area contributed by atoms with Crippen LogP contribution in [0.3, 0.4) is 0 Å². The van der Waals surface area contributed by atoms with E-state index in [0.29, 0.717) is 5.04 Å². The smallest absolute Gasteiger partial charge is 0.0813 e. The van der Waals surface area contributed by atoms with Crippen LogP contribution in [0.5, 0.6) is 0 Å². The Balaban J connectivity index is 2.39. The maximum atomic E-state index is 2.45. The molecule has 0 amide bonds. The molecule has 0 nitrogen and oxygen atoms in total. The highest BCUT2D eigenvalue weighted by Crippen LogP contribution is 2.32. The Kier molecular flexibility index (Phi) is 3.68. The summed E-state index contributed by atoms with van der Waals surface area (Å²) in [7, 11) is -0.664. The van der Waals surface area contributed by atoms with Crippen molar-refractivity contribution in [1.82, 2.24) is 0 Å². The molecule has 0 saturated carbocycles. The van der Waals surface area contributed by atoms with Crippen molar-refractivity contribution in [3.63, 3.8) is 0 Å². The van der Waals surface area contributed by atoms with Crippen molar-refractivity contribution in [2.75, 3.05) is 0 Å². The Hall–Kier alpha value is -1.08. The van der Waals surface area contributed by atoms with E-state index >= 15 is 0 Å². The highest BCUT2D eigenvalue weighted by atomic mass is 28.3. The van der Waals surface area contributed by atoms with Gasteiger partial charge in [-0.25, -0.2) is 0 Å². The summed E-state index contributed by atoms with van der Waals surface area (Å²) in [4.78, 5) is 0. The van der Waals surface area contributed by atoms with Crippen molar-refractivity contribution in [3.8, 4) is 0 Å². The molecule has 0 atom stereocenters. The van der Waals surface area contributed by atoms with Crippen molar-refractivity contribution in [1.29, 1.82) is 0 Å². The maximum Gasteiger partial charge on any atom is 0.395 e. The van der Waals surface area contributed by atoms with Gasteiger partial charge in [0.1, 0.15) is 5.19 Å². The zero-order chi connectivity index (χ0) is 12.3. The van der Waals surface area contributed by atoms with Gasteiger partial charge < -0.3 is 0 Å². The van der Waals surface area contributed by atoms with E-state index in [1.165, 1.54) is 18.0 Å². The molecule has 0 fully saturated rings. The van der Waals surface area contributed by atoms with Crippen molar-refractivity contribution < 1.29 is 0 Å². The molecule has 0 aromatic heterocycles. The second-order valence-electron chi connectivity index (χ2n) is 5.63. The molecule has 2 rings (SSSR count). The van der Waals surface area contributed by atoms with Gasteiger partial charge in [0.25, 0.3) is 0 Å². The van der Waals surface area contributed by atoms with Crippen LogP contribution < -0.4 is 5.19 Å². The first-order valence-electron chi connectivity index (χ1n) is 6.39. The fourth-order valence-electron chi connectivity index (χ4n) is 2.44. The number of rotatable bonds is 2. The van der Waals surface area contributed by atoms with E-state index in [4.69, 9.17) is 0 Å². The predicted octanol–water partition coefficient (Wildman–Crippen LogP) is 4.00. The molecule has 1 aromatic rings. The third kappa shape index (κ3) is 2.98. The Morgan fingerprint density at radius 3 is 2.24 bits per heavy atom. The van der Waals surface area contributed by atoms with E-state index in [9.17, 15) is 0 Å². The Bertz CT molecular complexity index is 421.